The first kappa shape index (κ1) is 26.1. The Balaban J connectivity index is 1.29. The van der Waals surface area contributed by atoms with Crippen molar-refractivity contribution in [1.82, 2.24) is 10.3 Å². The number of aliphatic imine (C=N–C) groups is 1. The molecule has 5 fully saturated rings. The van der Waals surface area contributed by atoms with Crippen molar-refractivity contribution in [2.75, 3.05) is 60.7 Å². The van der Waals surface area contributed by atoms with Crippen molar-refractivity contribution < 1.29 is 12.8 Å². The summed E-state index contributed by atoms with van der Waals surface area (Å²) in [5, 5.41) is 11.3. The van der Waals surface area contributed by atoms with E-state index in [1.807, 2.05) is 36.4 Å². The van der Waals surface area contributed by atoms with Crippen molar-refractivity contribution in [3.05, 3.63) is 59.4 Å². The van der Waals surface area contributed by atoms with E-state index in [1.54, 1.807) is 6.07 Å². The van der Waals surface area contributed by atoms with Gasteiger partial charge in [0.2, 0.25) is 0 Å². The Morgan fingerprint density at radius 3 is 2.26 bits per heavy atom. The second kappa shape index (κ2) is 9.79. The molecule has 5 heterocycles. The maximum atomic E-state index is 14.8. The normalized spacial score (nSPS) is 30.8. The molecular weight excluding hydrogens is 515 g/mol. The van der Waals surface area contributed by atoms with Gasteiger partial charge in [-0.25, -0.2) is 12.8 Å². The molecule has 0 saturated carbocycles. The summed E-state index contributed by atoms with van der Waals surface area (Å²) in [5.41, 5.74) is 5.88. The second-order valence-corrected chi connectivity index (χ2v) is 14.0. The van der Waals surface area contributed by atoms with E-state index >= 15 is 0 Å². The quantitative estimate of drug-likeness (QED) is 0.610. The lowest BCUT2D eigenvalue weighted by Gasteiger charge is -2.47. The van der Waals surface area contributed by atoms with Crippen LogP contribution in [0.4, 0.5) is 15.8 Å². The lowest BCUT2D eigenvalue weighted by molar-refractivity contribution is 0.0333. The number of hydrogen-bond donors (Lipinski definition) is 1. The van der Waals surface area contributed by atoms with Crippen LogP contribution in [0.3, 0.4) is 0 Å². The Bertz CT molecular complexity index is 1400. The summed E-state index contributed by atoms with van der Waals surface area (Å²) >= 11 is 0. The van der Waals surface area contributed by atoms with E-state index in [2.05, 4.69) is 27.2 Å². The highest BCUT2D eigenvalue weighted by Gasteiger charge is 2.44. The average molecular weight is 551 g/mol. The van der Waals surface area contributed by atoms with Crippen LogP contribution in [-0.4, -0.2) is 69.9 Å². The molecule has 0 radical (unpaired) electrons. The maximum Gasteiger partial charge on any atom is 0.153 e. The molecule has 5 saturated heterocycles. The van der Waals surface area contributed by atoms with Gasteiger partial charge in [0.05, 0.1) is 28.3 Å². The van der Waals surface area contributed by atoms with Crippen LogP contribution in [-0.2, 0) is 15.4 Å². The Hall–Kier alpha value is -3.16. The number of amidine groups is 1. The van der Waals surface area contributed by atoms with Crippen molar-refractivity contribution >= 4 is 27.0 Å². The van der Waals surface area contributed by atoms with Gasteiger partial charge in [-0.2, -0.15) is 5.26 Å². The molecule has 2 aromatic rings. The van der Waals surface area contributed by atoms with Crippen LogP contribution in [0.15, 0.2) is 47.5 Å². The first-order valence-electron chi connectivity index (χ1n) is 13.8. The van der Waals surface area contributed by atoms with Gasteiger partial charge in [0, 0.05) is 31.7 Å². The third kappa shape index (κ3) is 4.98. The molecule has 2 bridgehead atoms. The summed E-state index contributed by atoms with van der Waals surface area (Å²) in [7, 11) is -2.95. The number of sulfone groups is 1. The summed E-state index contributed by atoms with van der Waals surface area (Å²) in [6.07, 6.45) is 4.15. The third-order valence-electron chi connectivity index (χ3n) is 9.26. The van der Waals surface area contributed by atoms with Crippen LogP contribution in [0.1, 0.15) is 43.7 Å². The number of fused-ring (bicyclic) bond motifs is 3. The van der Waals surface area contributed by atoms with Crippen molar-refractivity contribution in [2.24, 2.45) is 10.4 Å². The standard InChI is InChI=1S/C29H35FN6O2S/c1-28(23-3-2-22(20-31)26(30)18-23)19-27(32-21-29-8-11-34(12-9-29)13-10-29)33-36(28)25-6-4-24(5-7-25)35-14-16-39(37,38)17-15-35/h2-7,18H,8-17,19,21H2,1H3,(H,32,33). The Morgan fingerprint density at radius 1 is 1.00 bits per heavy atom. The lowest BCUT2D eigenvalue weighted by Crippen LogP contribution is -2.49. The number of nitriles is 1. The first-order chi connectivity index (χ1) is 18.7. The Morgan fingerprint density at radius 2 is 1.64 bits per heavy atom. The fourth-order valence-electron chi connectivity index (χ4n) is 6.49. The number of halogens is 1. The fraction of sp³-hybridized carbons (Fsp3) is 0.517. The van der Waals surface area contributed by atoms with Crippen molar-refractivity contribution in [3.8, 4) is 6.07 Å². The largest absolute Gasteiger partial charge is 0.369 e. The molecule has 1 N–H and O–H groups in total. The molecule has 39 heavy (non-hydrogen) atoms. The topological polar surface area (TPSA) is 92.0 Å². The van der Waals surface area contributed by atoms with Crippen LogP contribution >= 0.6 is 0 Å². The van der Waals surface area contributed by atoms with Gasteiger partial charge in [0.15, 0.2) is 9.84 Å². The zero-order valence-electron chi connectivity index (χ0n) is 22.4. The highest BCUT2D eigenvalue weighted by molar-refractivity contribution is 7.91. The molecule has 5 aliphatic rings. The molecule has 0 aromatic heterocycles. The van der Waals surface area contributed by atoms with E-state index in [-0.39, 0.29) is 22.5 Å². The molecule has 2 aromatic carbocycles. The van der Waals surface area contributed by atoms with Gasteiger partial charge >= 0.3 is 0 Å². The van der Waals surface area contributed by atoms with E-state index in [9.17, 15) is 18.1 Å². The highest BCUT2D eigenvalue weighted by Crippen LogP contribution is 2.42. The summed E-state index contributed by atoms with van der Waals surface area (Å²) in [5.74, 6) is 0.702. The molecule has 206 valence electrons. The SMILES string of the molecule is CC1(c2ccc(C#N)c(F)c2)CC(=NCC23CCN(CC2)CC3)NN1c1ccc(N2CCS(=O)(=O)CC2)cc1. The van der Waals surface area contributed by atoms with Gasteiger partial charge in [-0.1, -0.05) is 6.07 Å². The highest BCUT2D eigenvalue weighted by atomic mass is 32.2. The number of piperidine rings is 3. The summed E-state index contributed by atoms with van der Waals surface area (Å²) in [6.45, 7) is 7.31. The second-order valence-electron chi connectivity index (χ2n) is 11.7. The summed E-state index contributed by atoms with van der Waals surface area (Å²) in [6, 6.07) is 14.8. The number of hydrazine groups is 1. The smallest absolute Gasteiger partial charge is 0.153 e. The van der Waals surface area contributed by atoms with Gasteiger partial charge in [0.1, 0.15) is 17.7 Å². The van der Waals surface area contributed by atoms with Crippen molar-refractivity contribution in [3.63, 3.8) is 0 Å². The number of nitrogens with zero attached hydrogens (tertiary/aromatic N) is 5. The minimum atomic E-state index is -2.95. The number of hydrogen-bond acceptors (Lipinski definition) is 7. The molecule has 1 atom stereocenters. The van der Waals surface area contributed by atoms with E-state index in [0.717, 1.165) is 49.0 Å². The van der Waals surface area contributed by atoms with Crippen LogP contribution in [0.2, 0.25) is 0 Å². The van der Waals surface area contributed by atoms with Gasteiger partial charge in [-0.05, 0) is 93.2 Å². The summed E-state index contributed by atoms with van der Waals surface area (Å²) < 4.78 is 38.5. The molecule has 0 amide bonds. The van der Waals surface area contributed by atoms with Crippen LogP contribution in [0, 0.1) is 22.6 Å². The molecule has 0 aliphatic carbocycles. The van der Waals surface area contributed by atoms with Gasteiger partial charge < -0.3 is 9.80 Å². The molecule has 1 unspecified atom stereocenters. The lowest BCUT2D eigenvalue weighted by atomic mass is 9.72. The van der Waals surface area contributed by atoms with Gasteiger partial charge in [-0.15, -0.1) is 0 Å². The van der Waals surface area contributed by atoms with Crippen LogP contribution in [0.25, 0.3) is 0 Å². The molecule has 8 nitrogen and oxygen atoms in total. The molecule has 5 aliphatic heterocycles. The van der Waals surface area contributed by atoms with Gasteiger partial charge in [-0.3, -0.25) is 15.4 Å². The first-order valence-corrected chi connectivity index (χ1v) is 15.6. The van der Waals surface area contributed by atoms with Crippen LogP contribution < -0.4 is 15.3 Å². The summed E-state index contributed by atoms with van der Waals surface area (Å²) in [4.78, 5) is 9.74. The predicted molar refractivity (Wildman–Crippen MR) is 151 cm³/mol. The van der Waals surface area contributed by atoms with Gasteiger partial charge in [0.25, 0.3) is 0 Å². The third-order valence-corrected chi connectivity index (χ3v) is 10.9. The van der Waals surface area contributed by atoms with E-state index < -0.39 is 21.2 Å². The number of anilines is 2. The molecule has 10 heteroatoms. The van der Waals surface area contributed by atoms with E-state index in [4.69, 9.17) is 4.99 Å². The average Bonchev–Trinajstić information content (AvgIpc) is 3.30. The molecular formula is C29H35FN6O2S. The van der Waals surface area contributed by atoms with E-state index in [0.29, 0.717) is 19.5 Å². The predicted octanol–water partition coefficient (Wildman–Crippen LogP) is 3.45. The number of nitrogens with one attached hydrogen (secondary N) is 1. The Kier molecular flexibility index (Phi) is 6.55. The Labute approximate surface area is 230 Å². The molecule has 7 rings (SSSR count). The zero-order valence-corrected chi connectivity index (χ0v) is 23.2. The molecule has 0 spiro atoms. The minimum Gasteiger partial charge on any atom is -0.369 e. The van der Waals surface area contributed by atoms with Crippen molar-refractivity contribution in [2.45, 2.75) is 38.1 Å². The maximum absolute atomic E-state index is 14.8. The number of benzene rings is 2. The minimum absolute atomic E-state index is 0.0318. The monoisotopic (exact) mass is 550 g/mol. The fourth-order valence-corrected chi connectivity index (χ4v) is 7.69. The van der Waals surface area contributed by atoms with E-state index in [1.165, 1.54) is 25.3 Å². The van der Waals surface area contributed by atoms with Crippen molar-refractivity contribution in [1.29, 1.82) is 5.26 Å². The zero-order chi connectivity index (χ0) is 27.3. The van der Waals surface area contributed by atoms with Crippen LogP contribution in [0.5, 0.6) is 0 Å². The number of rotatable bonds is 5.